The number of hydrogen-bond donors (Lipinski definition) is 1. The maximum absolute atomic E-state index is 11.6. The van der Waals surface area contributed by atoms with Gasteiger partial charge in [0.05, 0.1) is 6.26 Å². The van der Waals surface area contributed by atoms with Gasteiger partial charge in [-0.1, -0.05) is 40.9 Å². The number of halogens is 1. The fourth-order valence-corrected chi connectivity index (χ4v) is 3.35. The van der Waals surface area contributed by atoms with Crippen molar-refractivity contribution in [2.45, 2.75) is 31.6 Å². The second-order valence-corrected chi connectivity index (χ2v) is 6.10. The minimum atomic E-state index is -0.907. The molecule has 0 spiro atoms. The molecule has 3 nitrogen and oxygen atoms in total. The van der Waals surface area contributed by atoms with Crippen LogP contribution in [0.25, 0.3) is 11.1 Å². The van der Waals surface area contributed by atoms with E-state index in [1.54, 1.807) is 6.26 Å². The number of hydrogen-bond acceptors (Lipinski definition) is 2. The van der Waals surface area contributed by atoms with E-state index < -0.39 is 5.97 Å². The van der Waals surface area contributed by atoms with Crippen molar-refractivity contribution in [2.75, 3.05) is 0 Å². The molecular weight excluding hydrogens is 320 g/mol. The highest BCUT2D eigenvalue weighted by atomic mass is 79.9. The lowest BCUT2D eigenvalue weighted by Gasteiger charge is -2.07. The molecule has 0 aliphatic heterocycles. The van der Waals surface area contributed by atoms with Crippen molar-refractivity contribution in [1.82, 2.24) is 0 Å². The van der Waals surface area contributed by atoms with E-state index in [2.05, 4.69) is 15.9 Å². The molecule has 1 fully saturated rings. The van der Waals surface area contributed by atoms with Gasteiger partial charge in [-0.2, -0.15) is 0 Å². The second kappa shape index (κ2) is 5.44. The van der Waals surface area contributed by atoms with Crippen molar-refractivity contribution in [3.05, 3.63) is 46.3 Å². The lowest BCUT2D eigenvalue weighted by molar-refractivity contribution is 0.0694. The Kier molecular flexibility index (Phi) is 3.66. The minimum Gasteiger partial charge on any atom is -0.478 e. The number of furan rings is 1. The molecule has 4 heteroatoms. The van der Waals surface area contributed by atoms with Crippen LogP contribution in [0.3, 0.4) is 0 Å². The Balaban J connectivity index is 2.09. The summed E-state index contributed by atoms with van der Waals surface area (Å²) in [5, 5.41) is 9.55. The van der Waals surface area contributed by atoms with E-state index >= 15 is 0 Å². The molecule has 3 rings (SSSR count). The van der Waals surface area contributed by atoms with Crippen LogP contribution in [0.2, 0.25) is 0 Å². The maximum atomic E-state index is 11.6. The molecule has 104 valence electrons. The summed E-state index contributed by atoms with van der Waals surface area (Å²) in [7, 11) is 0. The Morgan fingerprint density at radius 3 is 2.70 bits per heavy atom. The van der Waals surface area contributed by atoms with Gasteiger partial charge in [0, 0.05) is 16.0 Å². The van der Waals surface area contributed by atoms with Gasteiger partial charge in [-0.05, 0) is 30.5 Å². The van der Waals surface area contributed by atoms with Gasteiger partial charge in [-0.25, -0.2) is 4.79 Å². The van der Waals surface area contributed by atoms with Crippen LogP contribution in [0.4, 0.5) is 0 Å². The molecule has 1 aliphatic rings. The zero-order chi connectivity index (χ0) is 14.1. The number of benzene rings is 1. The summed E-state index contributed by atoms with van der Waals surface area (Å²) in [4.78, 5) is 11.6. The van der Waals surface area contributed by atoms with Gasteiger partial charge in [-0.15, -0.1) is 0 Å². The molecule has 0 radical (unpaired) electrons. The van der Waals surface area contributed by atoms with E-state index in [1.807, 2.05) is 24.3 Å². The SMILES string of the molecule is O=C(O)c1c(-c2cccc(Br)c2)coc1C1CCCC1. The number of carbonyl (C=O) groups is 1. The fraction of sp³-hybridized carbons (Fsp3) is 0.312. The molecule has 1 aromatic heterocycles. The number of aromatic carboxylic acids is 1. The van der Waals surface area contributed by atoms with Crippen LogP contribution >= 0.6 is 15.9 Å². The van der Waals surface area contributed by atoms with Crippen molar-refractivity contribution in [2.24, 2.45) is 0 Å². The second-order valence-electron chi connectivity index (χ2n) is 5.19. The van der Waals surface area contributed by atoms with Gasteiger partial charge in [-0.3, -0.25) is 0 Å². The Labute approximate surface area is 125 Å². The summed E-state index contributed by atoms with van der Waals surface area (Å²) < 4.78 is 6.57. The van der Waals surface area contributed by atoms with E-state index in [0.717, 1.165) is 35.7 Å². The average Bonchev–Trinajstić information content (AvgIpc) is 3.07. The Bertz CT molecular complexity index is 639. The normalized spacial score (nSPS) is 15.7. The van der Waals surface area contributed by atoms with Crippen LogP contribution in [0.15, 0.2) is 39.4 Å². The van der Waals surface area contributed by atoms with Gasteiger partial charge < -0.3 is 9.52 Å². The third kappa shape index (κ3) is 2.40. The number of carboxylic acid groups (broad SMARTS) is 1. The van der Waals surface area contributed by atoms with Crippen LogP contribution in [0, 0.1) is 0 Å². The topological polar surface area (TPSA) is 50.4 Å². The predicted molar refractivity (Wildman–Crippen MR) is 80.0 cm³/mol. The molecule has 0 saturated heterocycles. The fourth-order valence-electron chi connectivity index (χ4n) is 2.95. The van der Waals surface area contributed by atoms with Crippen LogP contribution in [0.1, 0.15) is 47.7 Å². The predicted octanol–water partition coefficient (Wildman–Crippen LogP) is 5.06. The van der Waals surface area contributed by atoms with E-state index in [9.17, 15) is 9.90 Å². The highest BCUT2D eigenvalue weighted by molar-refractivity contribution is 9.10. The van der Waals surface area contributed by atoms with Gasteiger partial charge in [0.1, 0.15) is 11.3 Å². The molecule has 20 heavy (non-hydrogen) atoms. The van der Waals surface area contributed by atoms with Crippen molar-refractivity contribution in [1.29, 1.82) is 0 Å². The third-order valence-electron chi connectivity index (χ3n) is 3.89. The largest absolute Gasteiger partial charge is 0.478 e. The zero-order valence-corrected chi connectivity index (χ0v) is 12.5. The highest BCUT2D eigenvalue weighted by Crippen LogP contribution is 2.40. The van der Waals surface area contributed by atoms with Crippen LogP contribution in [0.5, 0.6) is 0 Å². The number of rotatable bonds is 3. The van der Waals surface area contributed by atoms with Crippen LogP contribution in [-0.4, -0.2) is 11.1 Å². The molecule has 0 amide bonds. The Hall–Kier alpha value is -1.55. The van der Waals surface area contributed by atoms with Gasteiger partial charge >= 0.3 is 5.97 Å². The van der Waals surface area contributed by atoms with Crippen LogP contribution < -0.4 is 0 Å². The summed E-state index contributed by atoms with van der Waals surface area (Å²) in [5.74, 6) is -0.0115. The van der Waals surface area contributed by atoms with E-state index in [1.165, 1.54) is 0 Å². The quantitative estimate of drug-likeness (QED) is 0.852. The zero-order valence-electron chi connectivity index (χ0n) is 10.9. The first-order valence-corrected chi connectivity index (χ1v) is 7.56. The average molecular weight is 335 g/mol. The first-order chi connectivity index (χ1) is 9.66. The van der Waals surface area contributed by atoms with E-state index in [0.29, 0.717) is 16.9 Å². The van der Waals surface area contributed by atoms with Gasteiger partial charge in [0.2, 0.25) is 0 Å². The molecule has 1 saturated carbocycles. The molecule has 1 aromatic carbocycles. The lowest BCUT2D eigenvalue weighted by atomic mass is 9.96. The van der Waals surface area contributed by atoms with Crippen LogP contribution in [-0.2, 0) is 0 Å². The molecule has 1 N–H and O–H groups in total. The summed E-state index contributed by atoms with van der Waals surface area (Å²) in [6, 6.07) is 7.63. The first kappa shape index (κ1) is 13.4. The molecule has 0 unspecified atom stereocenters. The maximum Gasteiger partial charge on any atom is 0.339 e. The van der Waals surface area contributed by atoms with Gasteiger partial charge in [0.25, 0.3) is 0 Å². The number of carboxylic acids is 1. The van der Waals surface area contributed by atoms with Crippen molar-refractivity contribution in [3.63, 3.8) is 0 Å². The molecule has 2 aromatic rings. The summed E-state index contributed by atoms with van der Waals surface area (Å²) in [6.45, 7) is 0. The van der Waals surface area contributed by atoms with Crippen molar-refractivity contribution < 1.29 is 14.3 Å². The molecule has 0 atom stereocenters. The van der Waals surface area contributed by atoms with E-state index in [-0.39, 0.29) is 5.92 Å². The molecule has 1 aliphatic carbocycles. The monoisotopic (exact) mass is 334 g/mol. The van der Waals surface area contributed by atoms with Crippen molar-refractivity contribution in [3.8, 4) is 11.1 Å². The molecular formula is C16H15BrO3. The summed E-state index contributed by atoms with van der Waals surface area (Å²) in [6.07, 6.45) is 5.92. The Morgan fingerprint density at radius 2 is 2.05 bits per heavy atom. The highest BCUT2D eigenvalue weighted by Gasteiger charge is 2.29. The minimum absolute atomic E-state index is 0.252. The Morgan fingerprint density at radius 1 is 1.30 bits per heavy atom. The molecule has 0 bridgehead atoms. The summed E-state index contributed by atoms with van der Waals surface area (Å²) in [5.41, 5.74) is 1.86. The smallest absolute Gasteiger partial charge is 0.339 e. The standard InChI is InChI=1S/C16H15BrO3/c17-12-7-3-6-11(8-12)13-9-20-15(14(13)16(18)19)10-4-1-2-5-10/h3,6-10H,1-2,4-5H2,(H,18,19). The van der Waals surface area contributed by atoms with Crippen molar-refractivity contribution >= 4 is 21.9 Å². The third-order valence-corrected chi connectivity index (χ3v) is 4.39. The van der Waals surface area contributed by atoms with E-state index in [4.69, 9.17) is 4.42 Å². The molecule has 1 heterocycles. The first-order valence-electron chi connectivity index (χ1n) is 6.77. The summed E-state index contributed by atoms with van der Waals surface area (Å²) >= 11 is 3.42. The lowest BCUT2D eigenvalue weighted by Crippen LogP contribution is -2.03. The van der Waals surface area contributed by atoms with Gasteiger partial charge in [0.15, 0.2) is 0 Å².